The molecule has 2 amide bonds. The van der Waals surface area contributed by atoms with E-state index in [0.717, 1.165) is 17.0 Å². The summed E-state index contributed by atoms with van der Waals surface area (Å²) in [7, 11) is 1.60. The lowest BCUT2D eigenvalue weighted by Crippen LogP contribution is -2.41. The molecule has 2 aromatic carbocycles. The Balaban J connectivity index is 1.55. The molecule has 0 aromatic heterocycles. The summed E-state index contributed by atoms with van der Waals surface area (Å²) in [4.78, 5) is 27.0. The molecule has 1 aliphatic rings. The Labute approximate surface area is 160 Å². The van der Waals surface area contributed by atoms with Crippen molar-refractivity contribution in [3.8, 4) is 5.75 Å². The molecule has 1 fully saturated rings. The van der Waals surface area contributed by atoms with Gasteiger partial charge >= 0.3 is 0 Å². The van der Waals surface area contributed by atoms with Crippen molar-refractivity contribution in [2.24, 2.45) is 5.92 Å². The van der Waals surface area contributed by atoms with Crippen LogP contribution in [-0.4, -0.2) is 36.9 Å². The summed E-state index contributed by atoms with van der Waals surface area (Å²) < 4.78 is 5.13. The van der Waals surface area contributed by atoms with Crippen LogP contribution in [0, 0.1) is 19.8 Å². The van der Waals surface area contributed by atoms with Gasteiger partial charge in [-0.2, -0.15) is 0 Å². The molecule has 1 N–H and O–H groups in total. The average Bonchev–Trinajstić information content (AvgIpc) is 2.70. The van der Waals surface area contributed by atoms with E-state index in [9.17, 15) is 9.59 Å². The van der Waals surface area contributed by atoms with Gasteiger partial charge in [0.1, 0.15) is 5.75 Å². The number of rotatable bonds is 4. The number of nitrogens with zero attached hydrogens (tertiary/aromatic N) is 1. The molecule has 0 aliphatic carbocycles. The highest BCUT2D eigenvalue weighted by Crippen LogP contribution is 2.22. The largest absolute Gasteiger partial charge is 0.497 e. The topological polar surface area (TPSA) is 58.6 Å². The number of likely N-dealkylation sites (tertiary alicyclic amines) is 1. The van der Waals surface area contributed by atoms with E-state index in [2.05, 4.69) is 12.2 Å². The number of benzene rings is 2. The summed E-state index contributed by atoms with van der Waals surface area (Å²) in [5, 5.41) is 3.01. The predicted molar refractivity (Wildman–Crippen MR) is 106 cm³/mol. The number of anilines is 1. The zero-order valence-electron chi connectivity index (χ0n) is 16.1. The molecule has 2 aromatic rings. The van der Waals surface area contributed by atoms with Gasteiger partial charge in [0, 0.05) is 30.3 Å². The smallest absolute Gasteiger partial charge is 0.253 e. The number of hydrogen-bond donors (Lipinski definition) is 1. The summed E-state index contributed by atoms with van der Waals surface area (Å²) in [5.74, 6) is 0.709. The molecule has 1 aliphatic heterocycles. The van der Waals surface area contributed by atoms with E-state index >= 15 is 0 Å². The fourth-order valence-corrected chi connectivity index (χ4v) is 3.32. The van der Waals surface area contributed by atoms with Crippen molar-refractivity contribution >= 4 is 17.5 Å². The number of carbonyl (C=O) groups is 2. The van der Waals surface area contributed by atoms with Crippen LogP contribution in [0.4, 0.5) is 5.69 Å². The zero-order chi connectivity index (χ0) is 19.4. The fourth-order valence-electron chi connectivity index (χ4n) is 3.32. The third-order valence-electron chi connectivity index (χ3n) is 5.26. The molecular weight excluding hydrogens is 340 g/mol. The number of piperidine rings is 1. The normalized spacial score (nSPS) is 14.7. The van der Waals surface area contributed by atoms with Crippen molar-refractivity contribution in [2.45, 2.75) is 26.7 Å². The molecule has 5 nitrogen and oxygen atoms in total. The molecule has 0 saturated carbocycles. The van der Waals surface area contributed by atoms with Crippen LogP contribution < -0.4 is 10.1 Å². The van der Waals surface area contributed by atoms with Gasteiger partial charge in [-0.25, -0.2) is 0 Å². The molecular formula is C22H26N2O3. The lowest BCUT2D eigenvalue weighted by atomic mass is 9.95. The first-order valence-corrected chi connectivity index (χ1v) is 9.29. The zero-order valence-corrected chi connectivity index (χ0v) is 16.1. The number of nitrogens with one attached hydrogen (secondary N) is 1. The summed E-state index contributed by atoms with van der Waals surface area (Å²) in [6.45, 7) is 5.27. The number of aryl methyl sites for hydroxylation is 2. The van der Waals surface area contributed by atoms with Gasteiger partial charge in [-0.15, -0.1) is 0 Å². The number of ether oxygens (including phenoxy) is 1. The van der Waals surface area contributed by atoms with Gasteiger partial charge < -0.3 is 15.0 Å². The van der Waals surface area contributed by atoms with E-state index in [4.69, 9.17) is 4.74 Å². The molecule has 0 atom stereocenters. The molecule has 0 unspecified atom stereocenters. The average molecular weight is 366 g/mol. The number of amides is 2. The quantitative estimate of drug-likeness (QED) is 0.895. The molecule has 3 rings (SSSR count). The molecule has 1 heterocycles. The van der Waals surface area contributed by atoms with Crippen molar-refractivity contribution in [1.82, 2.24) is 4.90 Å². The Hall–Kier alpha value is -2.82. The highest BCUT2D eigenvalue weighted by atomic mass is 16.5. The number of methoxy groups -OCH3 is 1. The van der Waals surface area contributed by atoms with Gasteiger partial charge in [0.15, 0.2) is 0 Å². The summed E-state index contributed by atoms with van der Waals surface area (Å²) in [6.07, 6.45) is 1.36. The third-order valence-corrected chi connectivity index (χ3v) is 5.26. The molecule has 27 heavy (non-hydrogen) atoms. The fraction of sp³-hybridized carbons (Fsp3) is 0.364. The maximum atomic E-state index is 12.6. The van der Waals surface area contributed by atoms with Crippen LogP contribution in [-0.2, 0) is 4.79 Å². The SMILES string of the molecule is COc1ccc(C(=O)N2CCC(C(=O)Nc3ccc(C)c(C)c3)CC2)cc1. The van der Waals surface area contributed by atoms with Crippen LogP contribution in [0.15, 0.2) is 42.5 Å². The highest BCUT2D eigenvalue weighted by Gasteiger charge is 2.28. The molecule has 0 radical (unpaired) electrons. The minimum absolute atomic E-state index is 0.00525. The van der Waals surface area contributed by atoms with E-state index < -0.39 is 0 Å². The Morgan fingerprint density at radius 1 is 1.00 bits per heavy atom. The van der Waals surface area contributed by atoms with Crippen molar-refractivity contribution in [3.05, 3.63) is 59.2 Å². The maximum absolute atomic E-state index is 12.6. The monoisotopic (exact) mass is 366 g/mol. The van der Waals surface area contributed by atoms with E-state index in [1.54, 1.807) is 31.4 Å². The van der Waals surface area contributed by atoms with Crippen molar-refractivity contribution in [2.75, 3.05) is 25.5 Å². The van der Waals surface area contributed by atoms with Crippen molar-refractivity contribution in [1.29, 1.82) is 0 Å². The standard InChI is InChI=1S/C22H26N2O3/c1-15-4-7-19(14-16(15)2)23-21(25)17-10-12-24(13-11-17)22(26)18-5-8-20(27-3)9-6-18/h4-9,14,17H,10-13H2,1-3H3,(H,23,25). The Morgan fingerprint density at radius 2 is 1.67 bits per heavy atom. The Kier molecular flexibility index (Phi) is 5.79. The van der Waals surface area contributed by atoms with Crippen LogP contribution in [0.25, 0.3) is 0 Å². The number of carbonyl (C=O) groups excluding carboxylic acids is 2. The van der Waals surface area contributed by atoms with E-state index in [-0.39, 0.29) is 17.7 Å². The van der Waals surface area contributed by atoms with Gasteiger partial charge in [-0.1, -0.05) is 6.07 Å². The minimum Gasteiger partial charge on any atom is -0.497 e. The van der Waals surface area contributed by atoms with Gasteiger partial charge in [-0.3, -0.25) is 9.59 Å². The Bertz CT molecular complexity index is 822. The third kappa shape index (κ3) is 4.48. The minimum atomic E-state index is -0.0634. The van der Waals surface area contributed by atoms with Crippen LogP contribution in [0.1, 0.15) is 34.3 Å². The summed E-state index contributed by atoms with van der Waals surface area (Å²) in [6, 6.07) is 13.1. The van der Waals surface area contributed by atoms with Gasteiger partial charge in [0.2, 0.25) is 5.91 Å². The van der Waals surface area contributed by atoms with Crippen LogP contribution in [0.3, 0.4) is 0 Å². The predicted octanol–water partition coefficient (Wildman–Crippen LogP) is 3.80. The van der Waals surface area contributed by atoms with E-state index in [1.165, 1.54) is 5.56 Å². The second-order valence-electron chi connectivity index (χ2n) is 7.08. The molecule has 0 bridgehead atoms. The second-order valence-corrected chi connectivity index (χ2v) is 7.08. The Morgan fingerprint density at radius 3 is 2.26 bits per heavy atom. The van der Waals surface area contributed by atoms with E-state index in [1.807, 2.05) is 30.0 Å². The first-order valence-electron chi connectivity index (χ1n) is 9.29. The van der Waals surface area contributed by atoms with Gasteiger partial charge in [0.25, 0.3) is 5.91 Å². The van der Waals surface area contributed by atoms with Crippen molar-refractivity contribution < 1.29 is 14.3 Å². The molecule has 0 spiro atoms. The summed E-state index contributed by atoms with van der Waals surface area (Å²) in [5.41, 5.74) is 3.85. The molecule has 142 valence electrons. The van der Waals surface area contributed by atoms with E-state index in [0.29, 0.717) is 31.5 Å². The van der Waals surface area contributed by atoms with Gasteiger partial charge in [-0.05, 0) is 74.2 Å². The first kappa shape index (κ1) is 19.0. The van der Waals surface area contributed by atoms with Crippen LogP contribution in [0.2, 0.25) is 0 Å². The molecule has 5 heteroatoms. The lowest BCUT2D eigenvalue weighted by molar-refractivity contribution is -0.121. The van der Waals surface area contributed by atoms with Crippen LogP contribution in [0.5, 0.6) is 5.75 Å². The lowest BCUT2D eigenvalue weighted by Gasteiger charge is -2.31. The van der Waals surface area contributed by atoms with Crippen LogP contribution >= 0.6 is 0 Å². The summed E-state index contributed by atoms with van der Waals surface area (Å²) >= 11 is 0. The van der Waals surface area contributed by atoms with Gasteiger partial charge in [0.05, 0.1) is 7.11 Å². The first-order chi connectivity index (χ1) is 13.0. The second kappa shape index (κ2) is 8.25. The highest BCUT2D eigenvalue weighted by molar-refractivity contribution is 5.95. The maximum Gasteiger partial charge on any atom is 0.253 e. The van der Waals surface area contributed by atoms with Crippen molar-refractivity contribution in [3.63, 3.8) is 0 Å². The molecule has 1 saturated heterocycles. The number of hydrogen-bond acceptors (Lipinski definition) is 3.